The van der Waals surface area contributed by atoms with Crippen molar-refractivity contribution in [1.29, 1.82) is 0 Å². The molecule has 0 spiro atoms. The Morgan fingerprint density at radius 2 is 1.96 bits per heavy atom. The fraction of sp³-hybridized carbons (Fsp3) is 0.167. The van der Waals surface area contributed by atoms with E-state index in [0.29, 0.717) is 5.78 Å². The molecule has 0 atom stereocenters. The maximum absolute atomic E-state index is 5.11. The Morgan fingerprint density at radius 1 is 1.08 bits per heavy atom. The molecule has 0 radical (unpaired) electrons. The highest BCUT2D eigenvalue weighted by atomic mass is 16.3. The minimum absolute atomic E-state index is 0.714. The third kappa shape index (κ3) is 2.52. The number of fused-ring (bicyclic) bond motifs is 1. The molecule has 4 aromatic heterocycles. The smallest absolute Gasteiger partial charge is 0.234 e. The Bertz CT molecular complexity index is 1040. The molecule has 120 valence electrons. The van der Waals surface area contributed by atoms with Crippen LogP contribution in [-0.4, -0.2) is 23.9 Å². The molecule has 4 aromatic rings. The van der Waals surface area contributed by atoms with Crippen LogP contribution in [0, 0.1) is 13.8 Å². The lowest BCUT2D eigenvalue weighted by molar-refractivity contribution is 0.568. The van der Waals surface area contributed by atoms with E-state index < -0.39 is 0 Å². The highest BCUT2D eigenvalue weighted by Crippen LogP contribution is 2.19. The van der Waals surface area contributed by atoms with E-state index in [9.17, 15) is 0 Å². The quantitative estimate of drug-likeness (QED) is 0.580. The minimum Gasteiger partial charge on any atom is -0.472 e. The van der Waals surface area contributed by atoms with Gasteiger partial charge in [-0.15, -0.1) is 0 Å². The second-order valence-electron chi connectivity index (χ2n) is 5.82. The van der Waals surface area contributed by atoms with Gasteiger partial charge in [-0.05, 0) is 38.1 Å². The van der Waals surface area contributed by atoms with Crippen LogP contribution in [-0.2, 0) is 7.05 Å². The summed E-state index contributed by atoms with van der Waals surface area (Å²) in [7, 11) is 1.97. The lowest BCUT2D eigenvalue weighted by Crippen LogP contribution is -1.94. The van der Waals surface area contributed by atoms with Gasteiger partial charge in [-0.2, -0.15) is 0 Å². The number of aromatic nitrogens is 5. The van der Waals surface area contributed by atoms with Crippen molar-refractivity contribution in [2.24, 2.45) is 7.05 Å². The normalized spacial score (nSPS) is 11.8. The summed E-state index contributed by atoms with van der Waals surface area (Å²) in [6.07, 6.45) is 11.2. The van der Waals surface area contributed by atoms with Gasteiger partial charge in [-0.3, -0.25) is 4.40 Å². The Morgan fingerprint density at radius 3 is 2.75 bits per heavy atom. The van der Waals surface area contributed by atoms with Crippen LogP contribution in [0.1, 0.15) is 22.9 Å². The van der Waals surface area contributed by atoms with Crippen LogP contribution in [0.3, 0.4) is 0 Å². The van der Waals surface area contributed by atoms with Crippen LogP contribution in [0.25, 0.3) is 29.2 Å². The second kappa shape index (κ2) is 5.49. The molecule has 6 nitrogen and oxygen atoms in total. The maximum Gasteiger partial charge on any atom is 0.234 e. The van der Waals surface area contributed by atoms with Crippen molar-refractivity contribution in [2.45, 2.75) is 13.8 Å². The summed E-state index contributed by atoms with van der Waals surface area (Å²) in [6.45, 7) is 4.02. The summed E-state index contributed by atoms with van der Waals surface area (Å²) in [5.74, 6) is 1.56. The van der Waals surface area contributed by atoms with Crippen molar-refractivity contribution >= 4 is 17.9 Å². The number of nitrogens with zero attached hydrogens (tertiary/aromatic N) is 5. The summed E-state index contributed by atoms with van der Waals surface area (Å²) in [5.41, 5.74) is 4.78. The van der Waals surface area contributed by atoms with E-state index in [2.05, 4.69) is 15.0 Å². The largest absolute Gasteiger partial charge is 0.472 e. The number of aryl methyl sites for hydroxylation is 3. The van der Waals surface area contributed by atoms with Gasteiger partial charge in [0.25, 0.3) is 0 Å². The van der Waals surface area contributed by atoms with E-state index in [0.717, 1.165) is 34.2 Å². The first-order valence-electron chi connectivity index (χ1n) is 7.67. The number of imidazole rings is 2. The molecule has 6 heteroatoms. The fourth-order valence-electron chi connectivity index (χ4n) is 2.71. The summed E-state index contributed by atoms with van der Waals surface area (Å²) in [4.78, 5) is 13.6. The molecule has 4 heterocycles. The van der Waals surface area contributed by atoms with E-state index in [-0.39, 0.29) is 0 Å². The zero-order valence-electron chi connectivity index (χ0n) is 13.8. The average molecular weight is 319 g/mol. The van der Waals surface area contributed by atoms with E-state index in [1.54, 1.807) is 12.5 Å². The molecule has 0 aliphatic heterocycles. The number of hydrogen-bond donors (Lipinski definition) is 0. The molecule has 0 unspecified atom stereocenters. The predicted molar refractivity (Wildman–Crippen MR) is 92.3 cm³/mol. The molecule has 0 aliphatic carbocycles. The van der Waals surface area contributed by atoms with Crippen molar-refractivity contribution in [3.05, 3.63) is 60.0 Å². The summed E-state index contributed by atoms with van der Waals surface area (Å²) < 4.78 is 9.08. The predicted octanol–water partition coefficient (Wildman–Crippen LogP) is 3.51. The second-order valence-corrected chi connectivity index (χ2v) is 5.82. The van der Waals surface area contributed by atoms with Crippen molar-refractivity contribution in [3.63, 3.8) is 0 Å². The van der Waals surface area contributed by atoms with Crippen LogP contribution >= 0.6 is 0 Å². The van der Waals surface area contributed by atoms with Gasteiger partial charge in [0.1, 0.15) is 5.82 Å². The van der Waals surface area contributed by atoms with Crippen LogP contribution in [0.4, 0.5) is 0 Å². The van der Waals surface area contributed by atoms with Crippen LogP contribution < -0.4 is 0 Å². The number of furan rings is 1. The van der Waals surface area contributed by atoms with Gasteiger partial charge in [0.15, 0.2) is 0 Å². The average Bonchev–Trinajstić information content (AvgIpc) is 3.24. The van der Waals surface area contributed by atoms with Gasteiger partial charge >= 0.3 is 0 Å². The zero-order chi connectivity index (χ0) is 16.7. The summed E-state index contributed by atoms with van der Waals surface area (Å²) >= 11 is 0. The Hall–Kier alpha value is -3.15. The van der Waals surface area contributed by atoms with E-state index in [1.165, 1.54) is 0 Å². The first-order chi connectivity index (χ1) is 11.6. The van der Waals surface area contributed by atoms with Gasteiger partial charge in [0.2, 0.25) is 5.78 Å². The van der Waals surface area contributed by atoms with Gasteiger partial charge < -0.3 is 8.98 Å². The zero-order valence-corrected chi connectivity index (χ0v) is 13.8. The lowest BCUT2D eigenvalue weighted by atomic mass is 10.3. The van der Waals surface area contributed by atoms with Gasteiger partial charge in [-0.1, -0.05) is 0 Å². The summed E-state index contributed by atoms with van der Waals surface area (Å²) in [6, 6.07) is 3.94. The Labute approximate surface area is 139 Å². The van der Waals surface area contributed by atoms with Crippen molar-refractivity contribution in [2.75, 3.05) is 0 Å². The van der Waals surface area contributed by atoms with Gasteiger partial charge in [0.05, 0.1) is 23.9 Å². The van der Waals surface area contributed by atoms with Gasteiger partial charge in [0, 0.05) is 36.4 Å². The first-order valence-corrected chi connectivity index (χ1v) is 7.67. The van der Waals surface area contributed by atoms with E-state index in [1.807, 2.05) is 66.5 Å². The number of hydrogen-bond acceptors (Lipinski definition) is 4. The maximum atomic E-state index is 5.11. The van der Waals surface area contributed by atoms with Gasteiger partial charge in [-0.25, -0.2) is 15.0 Å². The fourth-order valence-corrected chi connectivity index (χ4v) is 2.71. The standard InChI is InChI=1S/C18H17N5O/c1-12-8-13(2)23-9-15(20-18(23)19-12)4-5-17-21-16(10-22(17)3)14-6-7-24-11-14/h4-11H,1-3H3. The SMILES string of the molecule is Cc1cc(C)n2cc(C=Cc3nc(-c4ccoc4)cn3C)nc2n1. The molecule has 4 rings (SSSR count). The molecule has 24 heavy (non-hydrogen) atoms. The molecular weight excluding hydrogens is 302 g/mol. The van der Waals surface area contributed by atoms with Crippen molar-refractivity contribution < 1.29 is 4.42 Å². The molecule has 0 amide bonds. The molecule has 0 saturated carbocycles. The third-order valence-electron chi connectivity index (χ3n) is 3.91. The topological polar surface area (TPSA) is 61.2 Å². The lowest BCUT2D eigenvalue weighted by Gasteiger charge is -1.98. The molecule has 0 fully saturated rings. The minimum atomic E-state index is 0.714. The highest BCUT2D eigenvalue weighted by Gasteiger charge is 2.07. The third-order valence-corrected chi connectivity index (χ3v) is 3.91. The monoisotopic (exact) mass is 319 g/mol. The number of rotatable bonds is 3. The van der Waals surface area contributed by atoms with Crippen molar-refractivity contribution in [3.8, 4) is 11.3 Å². The molecule has 0 N–H and O–H groups in total. The van der Waals surface area contributed by atoms with E-state index >= 15 is 0 Å². The van der Waals surface area contributed by atoms with Crippen LogP contribution in [0.5, 0.6) is 0 Å². The molecular formula is C18H17N5O. The van der Waals surface area contributed by atoms with Crippen LogP contribution in [0.15, 0.2) is 41.5 Å². The van der Waals surface area contributed by atoms with Crippen molar-refractivity contribution in [1.82, 2.24) is 23.9 Å². The molecule has 0 saturated heterocycles. The summed E-state index contributed by atoms with van der Waals surface area (Å²) in [5, 5.41) is 0. The first kappa shape index (κ1) is 14.4. The Kier molecular flexibility index (Phi) is 3.30. The molecule has 0 aromatic carbocycles. The highest BCUT2D eigenvalue weighted by molar-refractivity contribution is 5.68. The van der Waals surface area contributed by atoms with Crippen LogP contribution in [0.2, 0.25) is 0 Å². The Balaban J connectivity index is 1.67. The van der Waals surface area contributed by atoms with E-state index in [4.69, 9.17) is 4.42 Å². The molecule has 0 aliphatic rings. The molecule has 0 bridgehead atoms.